The van der Waals surface area contributed by atoms with E-state index in [1.165, 1.54) is 0 Å². The molecule has 0 radical (unpaired) electrons. The summed E-state index contributed by atoms with van der Waals surface area (Å²) in [6, 6.07) is 9.60. The van der Waals surface area contributed by atoms with Crippen LogP contribution in [0.2, 0.25) is 0 Å². The summed E-state index contributed by atoms with van der Waals surface area (Å²) in [5, 5.41) is 0. The molecule has 0 bridgehead atoms. The molecule has 4 atom stereocenters. The van der Waals surface area contributed by atoms with Gasteiger partial charge in [-0.05, 0) is 26.1 Å². The predicted molar refractivity (Wildman–Crippen MR) is 80.2 cm³/mol. The molecule has 2 aliphatic rings. The summed E-state index contributed by atoms with van der Waals surface area (Å²) in [6.07, 6.45) is 0.879. The van der Waals surface area contributed by atoms with Gasteiger partial charge in [-0.3, -0.25) is 0 Å². The fraction of sp³-hybridized carbons (Fsp3) is 0.588. The zero-order valence-electron chi connectivity index (χ0n) is 12.9. The maximum absolute atomic E-state index is 12.5. The van der Waals surface area contributed by atoms with Crippen LogP contribution in [0.4, 0.5) is 0 Å². The maximum atomic E-state index is 12.5. The first-order valence-corrected chi connectivity index (χ1v) is 7.63. The second-order valence-electron chi connectivity index (χ2n) is 6.43. The number of benzene rings is 1. The lowest BCUT2D eigenvalue weighted by atomic mass is 9.76. The van der Waals surface area contributed by atoms with E-state index in [4.69, 9.17) is 9.47 Å². The number of carbonyl (C=O) groups is 1. The third kappa shape index (κ3) is 2.70. The first kappa shape index (κ1) is 14.5. The predicted octanol–water partition coefficient (Wildman–Crippen LogP) is 2.34. The maximum Gasteiger partial charge on any atom is 0.338 e. The monoisotopic (exact) mass is 289 g/mol. The van der Waals surface area contributed by atoms with Crippen LogP contribution in [0.15, 0.2) is 30.3 Å². The number of piperidine rings is 1. The molecular formula is C17H23NO3. The Balaban J connectivity index is 1.83. The molecule has 4 heteroatoms. The molecule has 4 nitrogen and oxygen atoms in total. The van der Waals surface area contributed by atoms with Gasteiger partial charge in [0.2, 0.25) is 0 Å². The summed E-state index contributed by atoms with van der Waals surface area (Å²) in [7, 11) is 2.12. The van der Waals surface area contributed by atoms with Crippen molar-refractivity contribution in [1.82, 2.24) is 4.90 Å². The molecular weight excluding hydrogens is 266 g/mol. The van der Waals surface area contributed by atoms with Gasteiger partial charge in [0.1, 0.15) is 11.7 Å². The van der Waals surface area contributed by atoms with Gasteiger partial charge in [-0.1, -0.05) is 25.1 Å². The second-order valence-corrected chi connectivity index (χ2v) is 6.43. The molecule has 0 aromatic heterocycles. The minimum atomic E-state index is -0.487. The summed E-state index contributed by atoms with van der Waals surface area (Å²) >= 11 is 0. The van der Waals surface area contributed by atoms with Crippen molar-refractivity contribution in [2.45, 2.75) is 38.0 Å². The molecule has 2 saturated heterocycles. The number of carbonyl (C=O) groups excluding carboxylic acids is 1. The van der Waals surface area contributed by atoms with Crippen molar-refractivity contribution in [3.05, 3.63) is 35.9 Å². The van der Waals surface area contributed by atoms with Gasteiger partial charge in [0.25, 0.3) is 0 Å². The normalized spacial score (nSPS) is 36.2. The average molecular weight is 289 g/mol. The van der Waals surface area contributed by atoms with E-state index < -0.39 is 5.60 Å². The van der Waals surface area contributed by atoms with Crippen molar-refractivity contribution >= 4 is 5.97 Å². The second kappa shape index (κ2) is 5.43. The number of hydrogen-bond acceptors (Lipinski definition) is 4. The minimum Gasteiger partial charge on any atom is -0.452 e. The van der Waals surface area contributed by atoms with Gasteiger partial charge in [0, 0.05) is 24.9 Å². The highest BCUT2D eigenvalue weighted by molar-refractivity contribution is 5.89. The Bertz CT molecular complexity index is 514. The van der Waals surface area contributed by atoms with Crippen LogP contribution in [-0.2, 0) is 9.47 Å². The van der Waals surface area contributed by atoms with Crippen LogP contribution in [0.1, 0.15) is 30.6 Å². The fourth-order valence-electron chi connectivity index (χ4n) is 3.38. The van der Waals surface area contributed by atoms with E-state index in [2.05, 4.69) is 25.8 Å². The molecule has 2 fully saturated rings. The summed E-state index contributed by atoms with van der Waals surface area (Å²) in [5.74, 6) is 0.0218. The van der Waals surface area contributed by atoms with E-state index in [1.54, 1.807) is 12.1 Å². The Morgan fingerprint density at radius 3 is 2.62 bits per heavy atom. The van der Waals surface area contributed by atoms with Crippen LogP contribution in [0.25, 0.3) is 0 Å². The van der Waals surface area contributed by atoms with E-state index in [1.807, 2.05) is 18.2 Å². The van der Waals surface area contributed by atoms with Gasteiger partial charge in [-0.25, -0.2) is 4.79 Å². The van der Waals surface area contributed by atoms with Crippen molar-refractivity contribution in [3.8, 4) is 0 Å². The van der Waals surface area contributed by atoms with Gasteiger partial charge in [-0.15, -0.1) is 0 Å². The molecule has 1 aromatic carbocycles. The van der Waals surface area contributed by atoms with E-state index in [-0.39, 0.29) is 18.0 Å². The number of esters is 1. The molecule has 0 N–H and O–H groups in total. The lowest BCUT2D eigenvalue weighted by Crippen LogP contribution is -2.58. The van der Waals surface area contributed by atoms with E-state index in [0.29, 0.717) is 18.2 Å². The Hall–Kier alpha value is -1.39. The van der Waals surface area contributed by atoms with Gasteiger partial charge in [0.15, 0.2) is 0 Å². The zero-order valence-corrected chi connectivity index (χ0v) is 12.9. The summed E-state index contributed by atoms with van der Waals surface area (Å²) in [6.45, 7) is 5.95. The Labute approximate surface area is 126 Å². The number of likely N-dealkylation sites (tertiary alicyclic amines) is 1. The quantitative estimate of drug-likeness (QED) is 0.633. The van der Waals surface area contributed by atoms with E-state index in [9.17, 15) is 4.79 Å². The number of nitrogens with zero attached hydrogens (tertiary/aromatic N) is 1. The molecule has 3 rings (SSSR count). The first-order valence-electron chi connectivity index (χ1n) is 7.63. The topological polar surface area (TPSA) is 42.1 Å². The molecule has 21 heavy (non-hydrogen) atoms. The van der Waals surface area contributed by atoms with Gasteiger partial charge >= 0.3 is 5.97 Å². The lowest BCUT2D eigenvalue weighted by molar-refractivity contribution is -0.107. The van der Waals surface area contributed by atoms with Crippen LogP contribution >= 0.6 is 0 Å². The van der Waals surface area contributed by atoms with Crippen LogP contribution in [-0.4, -0.2) is 48.8 Å². The number of rotatable bonds is 3. The SMILES string of the molecule is CC1CC(OC(=O)c2ccccc2)(C2CO2)C(C)CN1C. The molecule has 1 aromatic rings. The Morgan fingerprint density at radius 1 is 1.33 bits per heavy atom. The molecule has 2 aliphatic heterocycles. The summed E-state index contributed by atoms with van der Waals surface area (Å²) in [5.41, 5.74) is 0.120. The molecule has 0 amide bonds. The fourth-order valence-corrected chi connectivity index (χ4v) is 3.38. The number of epoxide rings is 1. The smallest absolute Gasteiger partial charge is 0.338 e. The molecule has 114 valence electrons. The van der Waals surface area contributed by atoms with Crippen LogP contribution in [0.3, 0.4) is 0 Å². The van der Waals surface area contributed by atoms with Crippen molar-refractivity contribution in [2.75, 3.05) is 20.2 Å². The summed E-state index contributed by atoms with van der Waals surface area (Å²) < 4.78 is 11.6. The molecule has 2 heterocycles. The highest BCUT2D eigenvalue weighted by Gasteiger charge is 2.56. The summed E-state index contributed by atoms with van der Waals surface area (Å²) in [4.78, 5) is 14.8. The average Bonchev–Trinajstić information content (AvgIpc) is 3.30. The van der Waals surface area contributed by atoms with Crippen molar-refractivity contribution < 1.29 is 14.3 Å². The van der Waals surface area contributed by atoms with Crippen molar-refractivity contribution in [2.24, 2.45) is 5.92 Å². The van der Waals surface area contributed by atoms with Crippen molar-refractivity contribution in [1.29, 1.82) is 0 Å². The molecule has 0 spiro atoms. The van der Waals surface area contributed by atoms with E-state index >= 15 is 0 Å². The van der Waals surface area contributed by atoms with Crippen molar-refractivity contribution in [3.63, 3.8) is 0 Å². The highest BCUT2D eigenvalue weighted by atomic mass is 16.6. The third-order valence-electron chi connectivity index (χ3n) is 4.93. The molecule has 4 unspecified atom stereocenters. The molecule has 0 aliphatic carbocycles. The van der Waals surface area contributed by atoms with Crippen LogP contribution < -0.4 is 0 Å². The third-order valence-corrected chi connectivity index (χ3v) is 4.93. The first-order chi connectivity index (χ1) is 10.0. The molecule has 0 saturated carbocycles. The van der Waals surface area contributed by atoms with E-state index in [0.717, 1.165) is 13.0 Å². The van der Waals surface area contributed by atoms with Crippen LogP contribution in [0.5, 0.6) is 0 Å². The Morgan fingerprint density at radius 2 is 2.00 bits per heavy atom. The van der Waals surface area contributed by atoms with Gasteiger partial charge < -0.3 is 14.4 Å². The lowest BCUT2D eigenvalue weighted by Gasteiger charge is -2.47. The zero-order chi connectivity index (χ0) is 15.0. The minimum absolute atomic E-state index is 0.0521. The Kier molecular flexibility index (Phi) is 3.76. The number of ether oxygens (including phenoxy) is 2. The van der Waals surface area contributed by atoms with Gasteiger partial charge in [-0.2, -0.15) is 0 Å². The number of hydrogen-bond donors (Lipinski definition) is 0. The van der Waals surface area contributed by atoms with Crippen LogP contribution in [0, 0.1) is 5.92 Å². The largest absolute Gasteiger partial charge is 0.452 e. The standard InChI is InChI=1S/C17H23NO3/c1-12-10-18(3)13(2)9-17(12,15-11-20-15)21-16(19)14-7-5-4-6-8-14/h4-8,12-13,15H,9-11H2,1-3H3. The highest BCUT2D eigenvalue weighted by Crippen LogP contribution is 2.43. The van der Waals surface area contributed by atoms with Gasteiger partial charge in [0.05, 0.1) is 12.2 Å².